The van der Waals surface area contributed by atoms with E-state index in [1.165, 1.54) is 37.1 Å². The summed E-state index contributed by atoms with van der Waals surface area (Å²) in [5.41, 5.74) is 2.86. The van der Waals surface area contributed by atoms with Crippen molar-refractivity contribution in [2.75, 3.05) is 17.7 Å². The number of allylic oxidation sites excluding steroid dienone is 1. The summed E-state index contributed by atoms with van der Waals surface area (Å²) >= 11 is 5.33. The van der Waals surface area contributed by atoms with Crippen molar-refractivity contribution in [3.63, 3.8) is 0 Å². The topological polar surface area (TPSA) is 86.1 Å². The monoisotopic (exact) mass is 650 g/mol. The van der Waals surface area contributed by atoms with E-state index in [0.29, 0.717) is 35.9 Å². The molecule has 0 radical (unpaired) electrons. The Morgan fingerprint density at radius 1 is 1.22 bits per heavy atom. The summed E-state index contributed by atoms with van der Waals surface area (Å²) in [6.45, 7) is 6.60. The number of thioether (sulfide) groups is 1. The van der Waals surface area contributed by atoms with Gasteiger partial charge < -0.3 is 14.6 Å². The molecule has 1 aromatic carbocycles. The molecule has 3 aromatic rings. The van der Waals surface area contributed by atoms with E-state index in [-0.39, 0.29) is 11.9 Å². The number of hydrogen-bond donors (Lipinski definition) is 1. The Balaban J connectivity index is 1.36. The van der Waals surface area contributed by atoms with Gasteiger partial charge in [-0.25, -0.2) is 4.79 Å². The first-order valence-corrected chi connectivity index (χ1v) is 15.4. The zero-order valence-electron chi connectivity index (χ0n) is 20.9. The molecule has 4 rings (SSSR count). The van der Waals surface area contributed by atoms with Crippen molar-refractivity contribution in [2.24, 2.45) is 0 Å². The predicted octanol–water partition coefficient (Wildman–Crippen LogP) is 6.09. The summed E-state index contributed by atoms with van der Waals surface area (Å²) in [7, 11) is 0. The van der Waals surface area contributed by atoms with E-state index in [1.807, 2.05) is 6.08 Å². The van der Waals surface area contributed by atoms with Crippen LogP contribution < -0.4 is 5.32 Å². The molecule has 0 atom stereocenters. The average Bonchev–Trinajstić information content (AvgIpc) is 3.44. The van der Waals surface area contributed by atoms with E-state index in [2.05, 4.69) is 73.5 Å². The summed E-state index contributed by atoms with van der Waals surface area (Å²) < 4.78 is 8.57. The van der Waals surface area contributed by atoms with Gasteiger partial charge in [-0.15, -0.1) is 28.1 Å². The number of aryl methyl sites for hydroxylation is 3. The molecule has 0 bridgehead atoms. The number of anilines is 1. The van der Waals surface area contributed by atoms with Gasteiger partial charge in [0.15, 0.2) is 5.16 Å². The fourth-order valence-corrected chi connectivity index (χ4v) is 6.89. The Labute approximate surface area is 239 Å². The molecule has 2 heterocycles. The molecule has 0 unspecified atom stereocenters. The minimum Gasteiger partial charge on any atom is -0.462 e. The van der Waals surface area contributed by atoms with Gasteiger partial charge in [-0.05, 0) is 84.9 Å². The molecule has 0 fully saturated rings. The van der Waals surface area contributed by atoms with Gasteiger partial charge in [0.2, 0.25) is 5.91 Å². The van der Waals surface area contributed by atoms with Gasteiger partial charge in [0, 0.05) is 33.6 Å². The Kier molecular flexibility index (Phi) is 10.2. The van der Waals surface area contributed by atoms with Crippen molar-refractivity contribution in [3.05, 3.63) is 67.9 Å². The van der Waals surface area contributed by atoms with Gasteiger partial charge in [0.05, 0.1) is 12.2 Å². The molecule has 0 aliphatic heterocycles. The third kappa shape index (κ3) is 7.23. The number of fused-ring (bicyclic) bond motifs is 1. The van der Waals surface area contributed by atoms with Crippen molar-refractivity contribution in [2.45, 2.75) is 63.6 Å². The Hall–Kier alpha value is -2.18. The quantitative estimate of drug-likeness (QED) is 0.111. The van der Waals surface area contributed by atoms with Crippen LogP contribution in [0, 0.1) is 3.57 Å². The van der Waals surface area contributed by atoms with E-state index >= 15 is 0 Å². The Morgan fingerprint density at radius 3 is 2.76 bits per heavy atom. The van der Waals surface area contributed by atoms with E-state index in [9.17, 15) is 9.59 Å². The third-order valence-corrected chi connectivity index (χ3v) is 9.01. The lowest BCUT2D eigenvalue weighted by molar-refractivity contribution is -0.115. The molecule has 7 nitrogen and oxygen atoms in total. The zero-order chi connectivity index (χ0) is 26.2. The number of benzene rings is 1. The molecular weight excluding hydrogens is 619 g/mol. The predicted molar refractivity (Wildman–Crippen MR) is 158 cm³/mol. The maximum absolute atomic E-state index is 12.8. The number of rotatable bonds is 12. The number of carbonyl (C=O) groups excluding carboxylic acids is 2. The number of nitrogens with one attached hydrogen (secondary N) is 1. The highest BCUT2D eigenvalue weighted by Gasteiger charge is 2.27. The first-order valence-electron chi connectivity index (χ1n) is 12.5. The number of hydrogen-bond acceptors (Lipinski definition) is 7. The van der Waals surface area contributed by atoms with Crippen LogP contribution in [-0.2, 0) is 41.8 Å². The van der Waals surface area contributed by atoms with Crippen LogP contribution in [0.15, 0.2) is 42.1 Å². The minimum absolute atomic E-state index is 0.120. The summed E-state index contributed by atoms with van der Waals surface area (Å²) in [5, 5.41) is 13.2. The molecule has 10 heteroatoms. The maximum Gasteiger partial charge on any atom is 0.341 e. The smallest absolute Gasteiger partial charge is 0.341 e. The van der Waals surface area contributed by atoms with Crippen LogP contribution >= 0.6 is 45.7 Å². The molecule has 196 valence electrons. The highest BCUT2D eigenvalue weighted by molar-refractivity contribution is 14.1. The molecule has 0 spiro atoms. The van der Waals surface area contributed by atoms with Crippen molar-refractivity contribution >= 4 is 62.6 Å². The summed E-state index contributed by atoms with van der Waals surface area (Å²) in [4.78, 5) is 26.6. The fourth-order valence-electron chi connectivity index (χ4n) is 4.33. The number of aromatic nitrogens is 3. The lowest BCUT2D eigenvalue weighted by Gasteiger charge is -2.12. The van der Waals surface area contributed by atoms with Crippen molar-refractivity contribution in [1.82, 2.24) is 14.8 Å². The van der Waals surface area contributed by atoms with Crippen LogP contribution in [-0.4, -0.2) is 39.0 Å². The van der Waals surface area contributed by atoms with Crippen molar-refractivity contribution in [3.8, 4) is 0 Å². The summed E-state index contributed by atoms with van der Waals surface area (Å²) in [6.07, 6.45) is 7.77. The van der Waals surface area contributed by atoms with E-state index in [4.69, 9.17) is 4.74 Å². The third-order valence-electron chi connectivity index (χ3n) is 6.12. The largest absolute Gasteiger partial charge is 0.462 e. The second-order valence-electron chi connectivity index (χ2n) is 8.71. The number of thiophene rings is 1. The molecule has 1 aliphatic rings. The second-order valence-corrected chi connectivity index (χ2v) is 12.1. The summed E-state index contributed by atoms with van der Waals surface area (Å²) in [5.74, 6) is 0.999. The molecule has 1 aliphatic carbocycles. The van der Waals surface area contributed by atoms with Crippen LogP contribution in [0.4, 0.5) is 5.00 Å². The maximum atomic E-state index is 12.8. The molecule has 1 amide bonds. The van der Waals surface area contributed by atoms with E-state index in [1.54, 1.807) is 6.92 Å². The molecule has 0 saturated carbocycles. The first-order chi connectivity index (χ1) is 18.0. The van der Waals surface area contributed by atoms with E-state index in [0.717, 1.165) is 55.1 Å². The number of amides is 1. The molecule has 1 N–H and O–H groups in total. The fraction of sp³-hybridized carbons (Fsp3) is 0.407. The Morgan fingerprint density at radius 2 is 2.00 bits per heavy atom. The van der Waals surface area contributed by atoms with Gasteiger partial charge >= 0.3 is 5.97 Å². The SMILES string of the molecule is C=CCn1c(CCc2ccc(I)cc2)nnc1SCCC(=O)Nc1sc2c(c1C(=O)OCC)CCCC2. The highest BCUT2D eigenvalue weighted by atomic mass is 127. The highest BCUT2D eigenvalue weighted by Crippen LogP contribution is 2.38. The number of halogens is 1. The number of nitrogens with zero attached hydrogens (tertiary/aromatic N) is 3. The molecular formula is C27H31IN4O3S2. The zero-order valence-corrected chi connectivity index (χ0v) is 24.7. The van der Waals surface area contributed by atoms with Crippen LogP contribution in [0.2, 0.25) is 0 Å². The number of ether oxygens (including phenoxy) is 1. The first kappa shape index (κ1) is 27.8. The number of carbonyl (C=O) groups is 2. The van der Waals surface area contributed by atoms with Gasteiger partial charge in [0.25, 0.3) is 0 Å². The minimum atomic E-state index is -0.345. The van der Waals surface area contributed by atoms with Crippen LogP contribution in [0.3, 0.4) is 0 Å². The van der Waals surface area contributed by atoms with Crippen molar-refractivity contribution < 1.29 is 14.3 Å². The average molecular weight is 651 g/mol. The van der Waals surface area contributed by atoms with Crippen LogP contribution in [0.1, 0.15) is 58.4 Å². The van der Waals surface area contributed by atoms with Gasteiger partial charge in [-0.2, -0.15) is 0 Å². The second kappa shape index (κ2) is 13.6. The molecule has 0 saturated heterocycles. The molecule has 37 heavy (non-hydrogen) atoms. The van der Waals surface area contributed by atoms with Crippen LogP contribution in [0.5, 0.6) is 0 Å². The van der Waals surface area contributed by atoms with Gasteiger partial charge in [0.1, 0.15) is 10.8 Å². The molecule has 2 aromatic heterocycles. The standard InChI is InChI=1S/C27H31IN4O3S2/c1-3-16-32-22(14-11-18-9-12-19(28)13-10-18)30-31-27(32)36-17-15-23(33)29-25-24(26(34)35-4-2)20-7-5-6-8-21(20)37-25/h3,9-10,12-13H,1,4-8,11,14-17H2,2H3,(H,29,33). The summed E-state index contributed by atoms with van der Waals surface area (Å²) in [6, 6.07) is 8.50. The lowest BCUT2D eigenvalue weighted by atomic mass is 9.95. The van der Waals surface area contributed by atoms with Gasteiger partial charge in [-0.3, -0.25) is 4.79 Å². The number of esters is 1. The van der Waals surface area contributed by atoms with E-state index < -0.39 is 0 Å². The normalized spacial score (nSPS) is 12.7. The lowest BCUT2D eigenvalue weighted by Crippen LogP contribution is -2.16. The van der Waals surface area contributed by atoms with Crippen molar-refractivity contribution in [1.29, 1.82) is 0 Å². The van der Waals surface area contributed by atoms with Gasteiger partial charge in [-0.1, -0.05) is 30.0 Å². The Bertz CT molecular complexity index is 1250. The van der Waals surface area contributed by atoms with Crippen LogP contribution in [0.25, 0.3) is 0 Å².